The van der Waals surface area contributed by atoms with Crippen molar-refractivity contribution in [3.8, 4) is 5.75 Å². The molecule has 1 amide bonds. The molecule has 0 aliphatic carbocycles. The van der Waals surface area contributed by atoms with Crippen molar-refractivity contribution in [3.63, 3.8) is 0 Å². The van der Waals surface area contributed by atoms with Gasteiger partial charge in [-0.1, -0.05) is 0 Å². The van der Waals surface area contributed by atoms with E-state index in [1.54, 1.807) is 48.5 Å². The molecule has 1 aromatic heterocycles. The van der Waals surface area contributed by atoms with Crippen molar-refractivity contribution in [3.05, 3.63) is 54.4 Å². The number of aromatic nitrogens is 1. The lowest BCUT2D eigenvalue weighted by Gasteiger charge is -2.29. The third-order valence-electron chi connectivity index (χ3n) is 4.33. The number of hydrogen-bond acceptors (Lipinski definition) is 6. The predicted octanol–water partition coefficient (Wildman–Crippen LogP) is 1.19. The van der Waals surface area contributed by atoms with Gasteiger partial charge in [-0.15, -0.1) is 0 Å². The molecule has 9 heteroatoms. The van der Waals surface area contributed by atoms with Crippen LogP contribution in [-0.2, 0) is 26.1 Å². The van der Waals surface area contributed by atoms with Crippen LogP contribution in [0.2, 0.25) is 0 Å². The predicted molar refractivity (Wildman–Crippen MR) is 102 cm³/mol. The second-order valence-electron chi connectivity index (χ2n) is 6.35. The Hall–Kier alpha value is -2.49. The van der Waals surface area contributed by atoms with Crippen molar-refractivity contribution < 1.29 is 22.7 Å². The van der Waals surface area contributed by atoms with Crippen molar-refractivity contribution in [1.82, 2.24) is 14.6 Å². The van der Waals surface area contributed by atoms with Crippen molar-refractivity contribution in [2.45, 2.75) is 24.5 Å². The Morgan fingerprint density at radius 1 is 1.18 bits per heavy atom. The summed E-state index contributed by atoms with van der Waals surface area (Å²) >= 11 is 0. The number of pyridine rings is 1. The monoisotopic (exact) mass is 405 g/mol. The minimum absolute atomic E-state index is 0.112. The molecule has 8 nitrogen and oxygen atoms in total. The Morgan fingerprint density at radius 3 is 2.46 bits per heavy atom. The van der Waals surface area contributed by atoms with Gasteiger partial charge < -0.3 is 14.4 Å². The van der Waals surface area contributed by atoms with Gasteiger partial charge in [0, 0.05) is 32.0 Å². The van der Waals surface area contributed by atoms with E-state index >= 15 is 0 Å². The number of rotatable bonds is 7. The minimum atomic E-state index is -3.65. The lowest BCUT2D eigenvalue weighted by atomic mass is 10.3. The fourth-order valence-electron chi connectivity index (χ4n) is 2.76. The normalized spacial score (nSPS) is 15.8. The molecule has 2 aromatic rings. The van der Waals surface area contributed by atoms with Gasteiger partial charge >= 0.3 is 0 Å². The van der Waals surface area contributed by atoms with E-state index in [1.807, 2.05) is 0 Å². The summed E-state index contributed by atoms with van der Waals surface area (Å²) < 4.78 is 38.3. The Balaban J connectivity index is 1.58. The first-order valence-corrected chi connectivity index (χ1v) is 10.5. The van der Waals surface area contributed by atoms with E-state index in [1.165, 1.54) is 12.1 Å². The molecular formula is C19H23N3O5S. The summed E-state index contributed by atoms with van der Waals surface area (Å²) in [7, 11) is -3.65. The molecule has 28 heavy (non-hydrogen) atoms. The molecule has 1 aliphatic rings. The quantitative estimate of drug-likeness (QED) is 0.743. The van der Waals surface area contributed by atoms with Crippen LogP contribution in [0.15, 0.2) is 53.7 Å². The molecule has 1 saturated heterocycles. The highest BCUT2D eigenvalue weighted by Gasteiger charge is 2.24. The van der Waals surface area contributed by atoms with Crippen LogP contribution in [0.25, 0.3) is 0 Å². The molecular weight excluding hydrogens is 382 g/mol. The second kappa shape index (κ2) is 9.13. The Labute approximate surface area is 164 Å². The van der Waals surface area contributed by atoms with Gasteiger partial charge in [-0.25, -0.2) is 13.1 Å². The van der Waals surface area contributed by atoms with Gasteiger partial charge in [0.15, 0.2) is 6.10 Å². The largest absolute Gasteiger partial charge is 0.481 e. The number of nitrogens with zero attached hydrogens (tertiary/aromatic N) is 2. The fraction of sp³-hybridized carbons (Fsp3) is 0.368. The zero-order valence-electron chi connectivity index (χ0n) is 15.6. The summed E-state index contributed by atoms with van der Waals surface area (Å²) in [6, 6.07) is 9.49. The molecule has 1 N–H and O–H groups in total. The number of amides is 1. The van der Waals surface area contributed by atoms with Crippen molar-refractivity contribution >= 4 is 15.9 Å². The van der Waals surface area contributed by atoms with E-state index in [4.69, 9.17) is 9.47 Å². The maximum Gasteiger partial charge on any atom is 0.263 e. The number of hydrogen-bond donors (Lipinski definition) is 1. The molecule has 0 unspecified atom stereocenters. The summed E-state index contributed by atoms with van der Waals surface area (Å²) in [5.41, 5.74) is 0.814. The standard InChI is InChI=1S/C19H23N3O5S/c1-15(19(23)22-10-12-26-13-11-22)27-17-2-4-18(5-3-17)28(24,25)21-14-16-6-8-20-9-7-16/h2-9,15,21H,10-14H2,1H3/t15-/m1/s1. The highest BCUT2D eigenvalue weighted by Crippen LogP contribution is 2.18. The summed E-state index contributed by atoms with van der Waals surface area (Å²) in [6.45, 7) is 4.00. The first-order chi connectivity index (χ1) is 13.5. The van der Waals surface area contributed by atoms with Gasteiger partial charge in [-0.05, 0) is 48.9 Å². The van der Waals surface area contributed by atoms with Gasteiger partial charge in [-0.3, -0.25) is 9.78 Å². The maximum absolute atomic E-state index is 12.4. The summed E-state index contributed by atoms with van der Waals surface area (Å²) in [4.78, 5) is 18.1. The summed E-state index contributed by atoms with van der Waals surface area (Å²) in [6.07, 6.45) is 2.55. The average Bonchev–Trinajstić information content (AvgIpc) is 2.73. The lowest BCUT2D eigenvalue weighted by Crippen LogP contribution is -2.46. The molecule has 1 aliphatic heterocycles. The number of carbonyl (C=O) groups is 1. The van der Waals surface area contributed by atoms with Gasteiger partial charge in [0.2, 0.25) is 10.0 Å². The van der Waals surface area contributed by atoms with Crippen molar-refractivity contribution in [2.75, 3.05) is 26.3 Å². The van der Waals surface area contributed by atoms with Crippen LogP contribution < -0.4 is 9.46 Å². The fourth-order valence-corrected chi connectivity index (χ4v) is 3.77. The van der Waals surface area contributed by atoms with Crippen molar-refractivity contribution in [1.29, 1.82) is 0 Å². The molecule has 2 heterocycles. The molecule has 150 valence electrons. The highest BCUT2D eigenvalue weighted by molar-refractivity contribution is 7.89. The minimum Gasteiger partial charge on any atom is -0.481 e. The smallest absolute Gasteiger partial charge is 0.263 e. The van der Waals surface area contributed by atoms with Gasteiger partial charge in [0.1, 0.15) is 5.75 Å². The number of carbonyl (C=O) groups excluding carboxylic acids is 1. The SMILES string of the molecule is C[C@@H](Oc1ccc(S(=O)(=O)NCc2ccncc2)cc1)C(=O)N1CCOCC1. The van der Waals surface area contributed by atoms with Crippen LogP contribution in [0.5, 0.6) is 5.75 Å². The second-order valence-corrected chi connectivity index (χ2v) is 8.12. The van der Waals surface area contributed by atoms with Crippen LogP contribution in [0.4, 0.5) is 0 Å². The molecule has 3 rings (SSSR count). The Bertz CT molecular complexity index is 882. The van der Waals surface area contributed by atoms with E-state index < -0.39 is 16.1 Å². The van der Waals surface area contributed by atoms with E-state index in [0.717, 1.165) is 5.56 Å². The zero-order valence-corrected chi connectivity index (χ0v) is 16.4. The van der Waals surface area contributed by atoms with Crippen LogP contribution in [0, 0.1) is 0 Å². The average molecular weight is 405 g/mol. The van der Waals surface area contributed by atoms with Gasteiger partial charge in [0.25, 0.3) is 5.91 Å². The Morgan fingerprint density at radius 2 is 1.82 bits per heavy atom. The molecule has 0 spiro atoms. The van der Waals surface area contributed by atoms with E-state index in [9.17, 15) is 13.2 Å². The van der Waals surface area contributed by atoms with E-state index in [0.29, 0.717) is 32.1 Å². The summed E-state index contributed by atoms with van der Waals surface area (Å²) in [5.74, 6) is 0.321. The molecule has 0 bridgehead atoms. The Kier molecular flexibility index (Phi) is 6.61. The molecule has 0 radical (unpaired) electrons. The number of benzene rings is 1. The van der Waals surface area contributed by atoms with Crippen LogP contribution in [0.1, 0.15) is 12.5 Å². The number of sulfonamides is 1. The van der Waals surface area contributed by atoms with Gasteiger partial charge in [0.05, 0.1) is 18.1 Å². The van der Waals surface area contributed by atoms with Crippen LogP contribution in [-0.4, -0.2) is 56.6 Å². The van der Waals surface area contributed by atoms with E-state index in [-0.39, 0.29) is 17.3 Å². The molecule has 1 atom stereocenters. The molecule has 1 fully saturated rings. The number of morpholine rings is 1. The highest BCUT2D eigenvalue weighted by atomic mass is 32.2. The first-order valence-electron chi connectivity index (χ1n) is 8.97. The third kappa shape index (κ3) is 5.28. The van der Waals surface area contributed by atoms with Crippen molar-refractivity contribution in [2.24, 2.45) is 0 Å². The molecule has 0 saturated carbocycles. The van der Waals surface area contributed by atoms with E-state index in [2.05, 4.69) is 9.71 Å². The topological polar surface area (TPSA) is 97.8 Å². The third-order valence-corrected chi connectivity index (χ3v) is 5.75. The zero-order chi connectivity index (χ0) is 20.0. The maximum atomic E-state index is 12.4. The number of nitrogens with one attached hydrogen (secondary N) is 1. The lowest BCUT2D eigenvalue weighted by molar-refractivity contribution is -0.142. The first kappa shape index (κ1) is 20.2. The number of ether oxygens (including phenoxy) is 2. The summed E-state index contributed by atoms with van der Waals surface area (Å²) in [5, 5.41) is 0. The van der Waals surface area contributed by atoms with Crippen LogP contribution >= 0.6 is 0 Å². The molecule has 1 aromatic carbocycles. The van der Waals surface area contributed by atoms with Crippen LogP contribution in [0.3, 0.4) is 0 Å². The van der Waals surface area contributed by atoms with Gasteiger partial charge in [-0.2, -0.15) is 0 Å².